The molecule has 3 amide bonds. The van der Waals surface area contributed by atoms with Crippen LogP contribution in [0.3, 0.4) is 0 Å². The summed E-state index contributed by atoms with van der Waals surface area (Å²) < 4.78 is 1.95. The van der Waals surface area contributed by atoms with Crippen molar-refractivity contribution < 1.29 is 9.59 Å². The van der Waals surface area contributed by atoms with E-state index >= 15 is 0 Å². The number of urea groups is 1. The first kappa shape index (κ1) is 16.4. The quantitative estimate of drug-likeness (QED) is 0.860. The van der Waals surface area contributed by atoms with Crippen LogP contribution in [0.5, 0.6) is 0 Å². The van der Waals surface area contributed by atoms with E-state index in [0.717, 1.165) is 38.0 Å². The topological polar surface area (TPSA) is 79.3 Å². The molecule has 7 heteroatoms. The third-order valence-corrected chi connectivity index (χ3v) is 5.61. The minimum atomic E-state index is -0.213. The van der Waals surface area contributed by atoms with Gasteiger partial charge in [-0.05, 0) is 25.7 Å². The Morgan fingerprint density at radius 2 is 1.96 bits per heavy atom. The smallest absolute Gasteiger partial charge is 0.320 e. The van der Waals surface area contributed by atoms with E-state index in [1.807, 2.05) is 15.6 Å². The lowest BCUT2D eigenvalue weighted by Crippen LogP contribution is -2.35. The lowest BCUT2D eigenvalue weighted by atomic mass is 9.96. The van der Waals surface area contributed by atoms with Crippen LogP contribution < -0.4 is 10.6 Å². The van der Waals surface area contributed by atoms with Gasteiger partial charge in [-0.15, -0.1) is 0 Å². The summed E-state index contributed by atoms with van der Waals surface area (Å²) >= 11 is 0. The van der Waals surface area contributed by atoms with Gasteiger partial charge in [0.2, 0.25) is 5.91 Å². The molecule has 2 N–H and O–H groups in total. The van der Waals surface area contributed by atoms with Gasteiger partial charge in [0.25, 0.3) is 0 Å². The second kappa shape index (κ2) is 7.06. The number of amides is 3. The van der Waals surface area contributed by atoms with Crippen LogP contribution in [0, 0.1) is 5.92 Å². The summed E-state index contributed by atoms with van der Waals surface area (Å²) in [6.07, 6.45) is 10.6. The zero-order valence-electron chi connectivity index (χ0n) is 14.6. The van der Waals surface area contributed by atoms with Crippen molar-refractivity contribution in [3.8, 4) is 0 Å². The summed E-state index contributed by atoms with van der Waals surface area (Å²) in [6, 6.07) is 2.49. The highest BCUT2D eigenvalue weighted by atomic mass is 16.2. The third kappa shape index (κ3) is 3.80. The molecule has 1 aromatic heterocycles. The zero-order chi connectivity index (χ0) is 17.2. The van der Waals surface area contributed by atoms with Crippen LogP contribution in [-0.4, -0.2) is 45.8 Å². The van der Waals surface area contributed by atoms with Gasteiger partial charge < -0.3 is 10.2 Å². The average molecular weight is 345 g/mol. The molecule has 0 spiro atoms. The first-order valence-electron chi connectivity index (χ1n) is 9.58. The molecular formula is C18H27N5O2. The summed E-state index contributed by atoms with van der Waals surface area (Å²) in [6.45, 7) is 1.32. The van der Waals surface area contributed by atoms with E-state index < -0.39 is 0 Å². The molecule has 25 heavy (non-hydrogen) atoms. The lowest BCUT2D eigenvalue weighted by molar-refractivity contribution is -0.128. The van der Waals surface area contributed by atoms with Crippen molar-refractivity contribution in [3.05, 3.63) is 12.3 Å². The van der Waals surface area contributed by atoms with Crippen molar-refractivity contribution in [2.45, 2.75) is 63.5 Å². The predicted molar refractivity (Wildman–Crippen MR) is 94.2 cm³/mol. The number of hydrogen-bond donors (Lipinski definition) is 2. The summed E-state index contributed by atoms with van der Waals surface area (Å²) in [5.74, 6) is 1.22. The summed E-state index contributed by atoms with van der Waals surface area (Å²) in [4.78, 5) is 26.2. The van der Waals surface area contributed by atoms with Crippen molar-refractivity contribution in [1.82, 2.24) is 20.0 Å². The second-order valence-corrected chi connectivity index (χ2v) is 7.64. The fourth-order valence-corrected chi connectivity index (χ4v) is 4.11. The molecule has 0 unspecified atom stereocenters. The van der Waals surface area contributed by atoms with Crippen molar-refractivity contribution in [3.63, 3.8) is 0 Å². The van der Waals surface area contributed by atoms with E-state index in [1.165, 1.54) is 19.3 Å². The SMILES string of the molecule is O=C(NC[C@@H]1CC(=O)N(C2CC2)C1)Nc1ccnn1C1CCCCC1. The minimum Gasteiger partial charge on any atom is -0.339 e. The highest BCUT2D eigenvalue weighted by Crippen LogP contribution is 2.32. The highest BCUT2D eigenvalue weighted by Gasteiger charge is 2.39. The maximum Gasteiger partial charge on any atom is 0.320 e. The molecule has 1 aliphatic heterocycles. The Morgan fingerprint density at radius 1 is 1.16 bits per heavy atom. The van der Waals surface area contributed by atoms with E-state index in [4.69, 9.17) is 0 Å². The molecule has 4 rings (SSSR count). The number of likely N-dealkylation sites (tertiary alicyclic amines) is 1. The van der Waals surface area contributed by atoms with Crippen molar-refractivity contribution >= 4 is 17.8 Å². The molecule has 0 bridgehead atoms. The predicted octanol–water partition coefficient (Wildman–Crippen LogP) is 2.52. The summed E-state index contributed by atoms with van der Waals surface area (Å²) in [5.41, 5.74) is 0. The Labute approximate surface area is 148 Å². The van der Waals surface area contributed by atoms with Gasteiger partial charge >= 0.3 is 6.03 Å². The molecule has 0 radical (unpaired) electrons. The van der Waals surface area contributed by atoms with Crippen LogP contribution >= 0.6 is 0 Å². The second-order valence-electron chi connectivity index (χ2n) is 7.64. The van der Waals surface area contributed by atoms with Crippen LogP contribution in [0.4, 0.5) is 10.6 Å². The summed E-state index contributed by atoms with van der Waals surface area (Å²) in [7, 11) is 0. The number of nitrogens with zero attached hydrogens (tertiary/aromatic N) is 3. The fourth-order valence-electron chi connectivity index (χ4n) is 4.11. The van der Waals surface area contributed by atoms with E-state index in [-0.39, 0.29) is 17.9 Å². The van der Waals surface area contributed by atoms with Crippen LogP contribution in [0.1, 0.15) is 57.4 Å². The molecule has 1 saturated heterocycles. The number of hydrogen-bond acceptors (Lipinski definition) is 3. The van der Waals surface area contributed by atoms with Crippen LogP contribution in [0.15, 0.2) is 12.3 Å². The number of carbonyl (C=O) groups excluding carboxylic acids is 2. The fraction of sp³-hybridized carbons (Fsp3) is 0.722. The Hall–Kier alpha value is -2.05. The number of carbonyl (C=O) groups is 2. The number of anilines is 1. The van der Waals surface area contributed by atoms with Crippen LogP contribution in [-0.2, 0) is 4.79 Å². The Bertz CT molecular complexity index is 633. The lowest BCUT2D eigenvalue weighted by Gasteiger charge is -2.24. The standard InChI is InChI=1S/C18H27N5O2/c24-17-10-13(12-22(17)14-6-7-14)11-19-18(25)21-16-8-9-20-23(16)15-4-2-1-3-5-15/h8-9,13-15H,1-7,10-12H2,(H2,19,21,25)/t13-/m0/s1. The maximum absolute atomic E-state index is 12.2. The maximum atomic E-state index is 12.2. The molecule has 1 atom stereocenters. The summed E-state index contributed by atoms with van der Waals surface area (Å²) in [5, 5.41) is 10.2. The van der Waals surface area contributed by atoms with Gasteiger partial charge in [-0.1, -0.05) is 19.3 Å². The third-order valence-electron chi connectivity index (χ3n) is 5.61. The van der Waals surface area contributed by atoms with Gasteiger partial charge in [-0.2, -0.15) is 5.10 Å². The van der Waals surface area contributed by atoms with E-state index in [2.05, 4.69) is 15.7 Å². The first-order valence-corrected chi connectivity index (χ1v) is 9.58. The number of nitrogens with one attached hydrogen (secondary N) is 2. The largest absolute Gasteiger partial charge is 0.339 e. The van der Waals surface area contributed by atoms with Gasteiger partial charge in [-0.3, -0.25) is 10.1 Å². The molecule has 0 aromatic carbocycles. The van der Waals surface area contributed by atoms with Crippen LogP contribution in [0.2, 0.25) is 0 Å². The highest BCUT2D eigenvalue weighted by molar-refractivity contribution is 5.88. The van der Waals surface area contributed by atoms with E-state index in [9.17, 15) is 9.59 Å². The normalized spacial score (nSPS) is 24.6. The van der Waals surface area contributed by atoms with E-state index in [0.29, 0.717) is 25.0 Å². The molecule has 1 aromatic rings. The molecule has 7 nitrogen and oxygen atoms in total. The van der Waals surface area contributed by atoms with Crippen molar-refractivity contribution in [2.24, 2.45) is 5.92 Å². The molecule has 2 heterocycles. The van der Waals surface area contributed by atoms with Gasteiger partial charge in [0.1, 0.15) is 5.82 Å². The Morgan fingerprint density at radius 3 is 2.72 bits per heavy atom. The molecule has 3 aliphatic rings. The number of aromatic nitrogens is 2. The van der Waals surface area contributed by atoms with Gasteiger partial charge in [0.05, 0.1) is 12.2 Å². The van der Waals surface area contributed by atoms with E-state index in [1.54, 1.807) is 6.20 Å². The minimum absolute atomic E-state index is 0.213. The molecular weight excluding hydrogens is 318 g/mol. The average Bonchev–Trinajstić information content (AvgIpc) is 3.25. The molecule has 2 aliphatic carbocycles. The van der Waals surface area contributed by atoms with Crippen molar-refractivity contribution in [1.29, 1.82) is 0 Å². The first-order chi connectivity index (χ1) is 12.2. The Kier molecular flexibility index (Phi) is 4.63. The Balaban J connectivity index is 1.27. The zero-order valence-corrected chi connectivity index (χ0v) is 14.6. The van der Waals surface area contributed by atoms with Gasteiger partial charge in [0, 0.05) is 37.5 Å². The molecule has 136 valence electrons. The molecule has 3 fully saturated rings. The molecule has 2 saturated carbocycles. The monoisotopic (exact) mass is 345 g/mol. The number of rotatable bonds is 5. The van der Waals surface area contributed by atoms with Crippen LogP contribution in [0.25, 0.3) is 0 Å². The van der Waals surface area contributed by atoms with Crippen molar-refractivity contribution in [2.75, 3.05) is 18.4 Å². The van der Waals surface area contributed by atoms with Gasteiger partial charge in [-0.25, -0.2) is 9.48 Å². The van der Waals surface area contributed by atoms with Gasteiger partial charge in [0.15, 0.2) is 0 Å².